The van der Waals surface area contributed by atoms with E-state index in [2.05, 4.69) is 0 Å². The number of nitrogens with zero attached hydrogens (tertiary/aromatic N) is 2. The lowest BCUT2D eigenvalue weighted by Crippen LogP contribution is -2.50. The number of likely N-dealkylation sites (tertiary alicyclic amines) is 1. The molecule has 7 heteroatoms. The molecule has 7 nitrogen and oxygen atoms in total. The minimum Gasteiger partial charge on any atom is -0.481 e. The third kappa shape index (κ3) is 3.88. The van der Waals surface area contributed by atoms with E-state index in [0.717, 1.165) is 0 Å². The van der Waals surface area contributed by atoms with Crippen LogP contribution in [0.1, 0.15) is 29.6 Å². The van der Waals surface area contributed by atoms with Gasteiger partial charge in [-0.15, -0.1) is 0 Å². The minimum absolute atomic E-state index is 0.0182. The van der Waals surface area contributed by atoms with Crippen LogP contribution < -0.4 is 0 Å². The SMILES string of the molecule is O=C(CC1(C(=O)O)CCN(C(=O)c2ccccc2)CC1)N1CCOCC1. The van der Waals surface area contributed by atoms with Gasteiger partial charge in [0.25, 0.3) is 5.91 Å². The highest BCUT2D eigenvalue weighted by molar-refractivity contribution is 5.94. The van der Waals surface area contributed by atoms with E-state index in [9.17, 15) is 19.5 Å². The van der Waals surface area contributed by atoms with Crippen LogP contribution in [0.4, 0.5) is 0 Å². The molecular weight excluding hydrogens is 336 g/mol. The second-order valence-corrected chi connectivity index (χ2v) is 6.91. The van der Waals surface area contributed by atoms with Crippen molar-refractivity contribution in [1.29, 1.82) is 0 Å². The summed E-state index contributed by atoms with van der Waals surface area (Å²) in [6.07, 6.45) is 0.559. The summed E-state index contributed by atoms with van der Waals surface area (Å²) in [6, 6.07) is 8.96. The second-order valence-electron chi connectivity index (χ2n) is 6.91. The summed E-state index contributed by atoms with van der Waals surface area (Å²) in [5, 5.41) is 9.78. The van der Waals surface area contributed by atoms with E-state index in [1.165, 1.54) is 0 Å². The number of rotatable bonds is 4. The highest BCUT2D eigenvalue weighted by atomic mass is 16.5. The lowest BCUT2D eigenvalue weighted by molar-refractivity contribution is -0.157. The zero-order chi connectivity index (χ0) is 18.6. The fourth-order valence-corrected chi connectivity index (χ4v) is 3.58. The maximum Gasteiger partial charge on any atom is 0.310 e. The first kappa shape index (κ1) is 18.4. The minimum atomic E-state index is -1.09. The molecule has 2 saturated heterocycles. The highest BCUT2D eigenvalue weighted by Crippen LogP contribution is 2.36. The fraction of sp³-hybridized carbons (Fsp3) is 0.526. The van der Waals surface area contributed by atoms with E-state index in [1.54, 1.807) is 34.1 Å². The van der Waals surface area contributed by atoms with Gasteiger partial charge in [-0.05, 0) is 25.0 Å². The fourth-order valence-electron chi connectivity index (χ4n) is 3.58. The molecule has 2 fully saturated rings. The van der Waals surface area contributed by atoms with Gasteiger partial charge in [0, 0.05) is 38.2 Å². The van der Waals surface area contributed by atoms with Gasteiger partial charge < -0.3 is 19.6 Å². The van der Waals surface area contributed by atoms with E-state index in [-0.39, 0.29) is 31.1 Å². The van der Waals surface area contributed by atoms with Gasteiger partial charge in [0.05, 0.1) is 18.6 Å². The number of carboxylic acid groups (broad SMARTS) is 1. The molecule has 26 heavy (non-hydrogen) atoms. The molecule has 2 aliphatic rings. The third-order valence-corrected chi connectivity index (χ3v) is 5.34. The van der Waals surface area contributed by atoms with Crippen molar-refractivity contribution in [2.45, 2.75) is 19.3 Å². The van der Waals surface area contributed by atoms with Gasteiger partial charge in [-0.1, -0.05) is 18.2 Å². The van der Waals surface area contributed by atoms with Crippen LogP contribution in [0.3, 0.4) is 0 Å². The maximum atomic E-state index is 12.5. The molecule has 3 rings (SSSR count). The molecule has 1 N–H and O–H groups in total. The van der Waals surface area contributed by atoms with Crippen LogP contribution in [0.15, 0.2) is 30.3 Å². The molecule has 0 aromatic heterocycles. The Hall–Kier alpha value is -2.41. The smallest absolute Gasteiger partial charge is 0.310 e. The van der Waals surface area contributed by atoms with E-state index < -0.39 is 11.4 Å². The second kappa shape index (κ2) is 7.86. The summed E-state index contributed by atoms with van der Waals surface area (Å²) in [7, 11) is 0. The molecule has 0 atom stereocenters. The molecule has 0 aliphatic carbocycles. The average Bonchev–Trinajstić information content (AvgIpc) is 2.69. The predicted octanol–water partition coefficient (Wildman–Crippen LogP) is 1.24. The molecule has 0 radical (unpaired) electrons. The number of hydrogen-bond donors (Lipinski definition) is 1. The lowest BCUT2D eigenvalue weighted by atomic mass is 9.75. The zero-order valence-electron chi connectivity index (χ0n) is 14.7. The molecule has 0 unspecified atom stereocenters. The first-order valence-electron chi connectivity index (χ1n) is 8.95. The van der Waals surface area contributed by atoms with Gasteiger partial charge in [0.2, 0.25) is 5.91 Å². The van der Waals surface area contributed by atoms with Crippen molar-refractivity contribution in [3.05, 3.63) is 35.9 Å². The Labute approximate surface area is 152 Å². The maximum absolute atomic E-state index is 12.5. The first-order chi connectivity index (χ1) is 12.5. The number of piperidine rings is 1. The van der Waals surface area contributed by atoms with Gasteiger partial charge >= 0.3 is 5.97 Å². The van der Waals surface area contributed by atoms with Crippen LogP contribution in [-0.4, -0.2) is 72.1 Å². The van der Waals surface area contributed by atoms with Crippen LogP contribution in [-0.2, 0) is 14.3 Å². The quantitative estimate of drug-likeness (QED) is 0.873. The molecule has 1 aromatic rings. The van der Waals surface area contributed by atoms with Crippen molar-refractivity contribution in [2.24, 2.45) is 5.41 Å². The predicted molar refractivity (Wildman–Crippen MR) is 93.7 cm³/mol. The number of hydrogen-bond acceptors (Lipinski definition) is 4. The van der Waals surface area contributed by atoms with Crippen LogP contribution in [0.25, 0.3) is 0 Å². The summed E-state index contributed by atoms with van der Waals surface area (Å²) in [4.78, 5) is 40.4. The molecule has 140 valence electrons. The van der Waals surface area contributed by atoms with Crippen LogP contribution in [0, 0.1) is 5.41 Å². The van der Waals surface area contributed by atoms with Crippen molar-refractivity contribution in [3.63, 3.8) is 0 Å². The molecular formula is C19H24N2O5. The summed E-state index contributed by atoms with van der Waals surface area (Å²) < 4.78 is 5.24. The zero-order valence-corrected chi connectivity index (χ0v) is 14.7. The number of carbonyl (C=O) groups is 3. The van der Waals surface area contributed by atoms with Crippen molar-refractivity contribution in [1.82, 2.24) is 9.80 Å². The Morgan fingerprint density at radius 3 is 2.15 bits per heavy atom. The Kier molecular flexibility index (Phi) is 5.56. The number of benzene rings is 1. The molecule has 0 spiro atoms. The van der Waals surface area contributed by atoms with Crippen molar-refractivity contribution in [3.8, 4) is 0 Å². The van der Waals surface area contributed by atoms with E-state index >= 15 is 0 Å². The van der Waals surface area contributed by atoms with E-state index in [1.807, 2.05) is 6.07 Å². The molecule has 0 saturated carbocycles. The molecule has 1 aromatic carbocycles. The van der Waals surface area contributed by atoms with Crippen LogP contribution >= 0.6 is 0 Å². The topological polar surface area (TPSA) is 87.2 Å². The van der Waals surface area contributed by atoms with E-state index in [4.69, 9.17) is 4.74 Å². The molecule has 2 aliphatic heterocycles. The standard InChI is InChI=1S/C19H24N2O5/c22-16(20-10-12-26-13-11-20)14-19(18(24)25)6-8-21(9-7-19)17(23)15-4-2-1-3-5-15/h1-5H,6-14H2,(H,24,25). The number of carboxylic acids is 1. The number of amides is 2. The Bertz CT molecular complexity index is 662. The van der Waals surface area contributed by atoms with Crippen LogP contribution in [0.2, 0.25) is 0 Å². The number of ether oxygens (including phenoxy) is 1. The summed E-state index contributed by atoms with van der Waals surface area (Å²) in [5.41, 5.74) is -0.497. The summed E-state index contributed by atoms with van der Waals surface area (Å²) in [5.74, 6) is -1.19. The first-order valence-corrected chi connectivity index (χ1v) is 8.95. The van der Waals surface area contributed by atoms with Gasteiger partial charge in [0.15, 0.2) is 0 Å². The Morgan fingerprint density at radius 1 is 0.962 bits per heavy atom. The number of morpholine rings is 1. The normalized spacial score (nSPS) is 19.8. The largest absolute Gasteiger partial charge is 0.481 e. The van der Waals surface area contributed by atoms with Crippen LogP contribution in [0.5, 0.6) is 0 Å². The van der Waals surface area contributed by atoms with Crippen molar-refractivity contribution < 1.29 is 24.2 Å². The Balaban J connectivity index is 1.64. The van der Waals surface area contributed by atoms with Crippen molar-refractivity contribution in [2.75, 3.05) is 39.4 Å². The number of carbonyl (C=O) groups excluding carboxylic acids is 2. The van der Waals surface area contributed by atoms with Gasteiger partial charge in [-0.3, -0.25) is 14.4 Å². The highest BCUT2D eigenvalue weighted by Gasteiger charge is 2.45. The summed E-state index contributed by atoms with van der Waals surface area (Å²) in [6.45, 7) is 2.68. The van der Waals surface area contributed by atoms with Gasteiger partial charge in [-0.25, -0.2) is 0 Å². The monoisotopic (exact) mass is 360 g/mol. The molecule has 0 bridgehead atoms. The van der Waals surface area contributed by atoms with Gasteiger partial charge in [-0.2, -0.15) is 0 Å². The average molecular weight is 360 g/mol. The van der Waals surface area contributed by atoms with E-state index in [0.29, 0.717) is 45.0 Å². The Morgan fingerprint density at radius 2 is 1.58 bits per heavy atom. The van der Waals surface area contributed by atoms with Gasteiger partial charge in [0.1, 0.15) is 0 Å². The molecule has 2 amide bonds. The lowest BCUT2D eigenvalue weighted by Gasteiger charge is -2.39. The molecule has 2 heterocycles. The third-order valence-electron chi connectivity index (χ3n) is 5.34. The van der Waals surface area contributed by atoms with Crippen molar-refractivity contribution >= 4 is 17.8 Å². The number of aliphatic carboxylic acids is 1. The summed E-state index contributed by atoms with van der Waals surface area (Å²) >= 11 is 0.